The lowest BCUT2D eigenvalue weighted by atomic mass is 10.1. The van der Waals surface area contributed by atoms with E-state index >= 15 is 0 Å². The monoisotopic (exact) mass is 332 g/mol. The Bertz CT molecular complexity index is 436. The molecule has 23 heavy (non-hydrogen) atoms. The SMILES string of the molecule is CNC(=O)[C@H](O)C[C@H](NC(=O)OC(C)(C)C)C(=O)OC(C)(C)C. The van der Waals surface area contributed by atoms with Gasteiger partial charge < -0.3 is 25.2 Å². The van der Waals surface area contributed by atoms with Crippen LogP contribution in [0.1, 0.15) is 48.0 Å². The highest BCUT2D eigenvalue weighted by Crippen LogP contribution is 2.12. The maximum absolute atomic E-state index is 12.2. The van der Waals surface area contributed by atoms with Gasteiger partial charge >= 0.3 is 12.1 Å². The molecule has 8 heteroatoms. The maximum Gasteiger partial charge on any atom is 0.408 e. The summed E-state index contributed by atoms with van der Waals surface area (Å²) in [7, 11) is 1.36. The fraction of sp³-hybridized carbons (Fsp3) is 0.800. The number of amides is 2. The number of hydrogen-bond acceptors (Lipinski definition) is 6. The van der Waals surface area contributed by atoms with Gasteiger partial charge in [-0.3, -0.25) is 4.79 Å². The average Bonchev–Trinajstić information content (AvgIpc) is 2.32. The van der Waals surface area contributed by atoms with Crippen LogP contribution in [0, 0.1) is 0 Å². The molecule has 0 aliphatic rings. The summed E-state index contributed by atoms with van der Waals surface area (Å²) in [6.45, 7) is 10.0. The van der Waals surface area contributed by atoms with Crippen LogP contribution in [-0.2, 0) is 19.1 Å². The number of ether oxygens (including phenoxy) is 2. The van der Waals surface area contributed by atoms with Crippen molar-refractivity contribution >= 4 is 18.0 Å². The molecular weight excluding hydrogens is 304 g/mol. The molecule has 3 N–H and O–H groups in total. The van der Waals surface area contributed by atoms with Crippen LogP contribution >= 0.6 is 0 Å². The number of carbonyl (C=O) groups excluding carboxylic acids is 3. The second kappa shape index (κ2) is 8.14. The first-order chi connectivity index (χ1) is 10.2. The Kier molecular flexibility index (Phi) is 7.50. The minimum absolute atomic E-state index is 0.326. The van der Waals surface area contributed by atoms with Crippen LogP contribution in [0.5, 0.6) is 0 Å². The van der Waals surface area contributed by atoms with E-state index < -0.39 is 41.3 Å². The zero-order valence-corrected chi connectivity index (χ0v) is 14.9. The van der Waals surface area contributed by atoms with Gasteiger partial charge in [-0.25, -0.2) is 9.59 Å². The molecule has 134 valence electrons. The van der Waals surface area contributed by atoms with E-state index in [1.54, 1.807) is 41.5 Å². The molecule has 2 atom stereocenters. The third-order valence-electron chi connectivity index (χ3n) is 2.39. The van der Waals surface area contributed by atoms with Gasteiger partial charge in [0.2, 0.25) is 5.91 Å². The summed E-state index contributed by atoms with van der Waals surface area (Å²) in [6.07, 6.45) is -2.63. The van der Waals surface area contributed by atoms with Gasteiger partial charge in [-0.2, -0.15) is 0 Å². The van der Waals surface area contributed by atoms with Crippen molar-refractivity contribution in [2.75, 3.05) is 7.05 Å². The second-order valence-electron chi connectivity index (χ2n) is 7.10. The molecule has 0 aromatic carbocycles. The lowest BCUT2D eigenvalue weighted by molar-refractivity contribution is -0.158. The van der Waals surface area contributed by atoms with E-state index in [0.717, 1.165) is 0 Å². The fourth-order valence-corrected chi connectivity index (χ4v) is 1.53. The standard InChI is InChI=1S/C15H28N2O6/c1-14(2,3)22-12(20)9(8-10(18)11(19)16-7)17-13(21)23-15(4,5)6/h9-10,18H,8H2,1-7H3,(H,16,19)(H,17,21)/t9-,10+/m0/s1. The highest BCUT2D eigenvalue weighted by atomic mass is 16.6. The number of likely N-dealkylation sites (N-methyl/N-ethyl adjacent to an activating group) is 1. The minimum Gasteiger partial charge on any atom is -0.458 e. The number of hydrogen-bond donors (Lipinski definition) is 3. The highest BCUT2D eigenvalue weighted by Gasteiger charge is 2.32. The summed E-state index contributed by atoms with van der Waals surface area (Å²) in [5, 5.41) is 14.4. The Hall–Kier alpha value is -1.83. The Balaban J connectivity index is 5.03. The van der Waals surface area contributed by atoms with Gasteiger partial charge in [0.15, 0.2) is 0 Å². The van der Waals surface area contributed by atoms with E-state index in [0.29, 0.717) is 0 Å². The van der Waals surface area contributed by atoms with Crippen LogP contribution in [0.15, 0.2) is 0 Å². The Morgan fingerprint density at radius 2 is 1.48 bits per heavy atom. The summed E-state index contributed by atoms with van der Waals surface area (Å²) < 4.78 is 10.3. The van der Waals surface area contributed by atoms with Crippen LogP contribution < -0.4 is 10.6 Å². The van der Waals surface area contributed by atoms with Gasteiger partial charge in [0.25, 0.3) is 0 Å². The zero-order chi connectivity index (χ0) is 18.4. The summed E-state index contributed by atoms with van der Waals surface area (Å²) in [4.78, 5) is 35.4. The number of aliphatic hydroxyl groups is 1. The molecule has 0 heterocycles. The zero-order valence-electron chi connectivity index (χ0n) is 14.9. The normalized spacial score (nSPS) is 14.4. The number of nitrogens with one attached hydrogen (secondary N) is 2. The second-order valence-corrected chi connectivity index (χ2v) is 7.10. The minimum atomic E-state index is -1.47. The van der Waals surface area contributed by atoms with E-state index in [1.165, 1.54) is 7.05 Å². The summed E-state index contributed by atoms with van der Waals surface area (Å²) in [5.74, 6) is -1.42. The van der Waals surface area contributed by atoms with E-state index in [9.17, 15) is 19.5 Å². The molecule has 0 fully saturated rings. The van der Waals surface area contributed by atoms with Gasteiger partial charge in [0, 0.05) is 13.5 Å². The van der Waals surface area contributed by atoms with Crippen molar-refractivity contribution < 1.29 is 29.0 Å². The van der Waals surface area contributed by atoms with Crippen molar-refractivity contribution in [2.45, 2.75) is 71.3 Å². The number of esters is 1. The average molecular weight is 332 g/mol. The van der Waals surface area contributed by atoms with Gasteiger partial charge in [-0.05, 0) is 41.5 Å². The number of aliphatic hydroxyl groups excluding tert-OH is 1. The molecule has 0 saturated heterocycles. The first kappa shape index (κ1) is 21.2. The molecule has 0 aromatic heterocycles. The molecule has 0 aliphatic carbocycles. The van der Waals surface area contributed by atoms with Crippen molar-refractivity contribution in [3.63, 3.8) is 0 Å². The van der Waals surface area contributed by atoms with E-state index in [4.69, 9.17) is 9.47 Å². The van der Waals surface area contributed by atoms with E-state index in [-0.39, 0.29) is 6.42 Å². The van der Waals surface area contributed by atoms with Gasteiger partial charge in [-0.15, -0.1) is 0 Å². The highest BCUT2D eigenvalue weighted by molar-refractivity contribution is 5.84. The molecule has 0 radical (unpaired) electrons. The van der Waals surface area contributed by atoms with Gasteiger partial charge in [0.05, 0.1) is 0 Å². The summed E-state index contributed by atoms with van der Waals surface area (Å²) in [5.41, 5.74) is -1.52. The molecular formula is C15H28N2O6. The third kappa shape index (κ3) is 9.72. The number of carbonyl (C=O) groups is 3. The van der Waals surface area contributed by atoms with Crippen molar-refractivity contribution in [3.8, 4) is 0 Å². The number of alkyl carbamates (subject to hydrolysis) is 1. The first-order valence-electron chi connectivity index (χ1n) is 7.37. The maximum atomic E-state index is 12.2. The quantitative estimate of drug-likeness (QED) is 0.639. The Morgan fingerprint density at radius 3 is 1.87 bits per heavy atom. The third-order valence-corrected chi connectivity index (χ3v) is 2.39. The van der Waals surface area contributed by atoms with E-state index in [2.05, 4.69) is 10.6 Å². The van der Waals surface area contributed by atoms with Crippen LogP contribution in [0.25, 0.3) is 0 Å². The topological polar surface area (TPSA) is 114 Å². The molecule has 0 aromatic rings. The molecule has 2 amide bonds. The van der Waals surface area contributed by atoms with Crippen molar-refractivity contribution in [1.82, 2.24) is 10.6 Å². The largest absolute Gasteiger partial charge is 0.458 e. The Labute approximate surface area is 136 Å². The molecule has 0 aliphatic heterocycles. The van der Waals surface area contributed by atoms with Gasteiger partial charge in [-0.1, -0.05) is 0 Å². The lowest BCUT2D eigenvalue weighted by Crippen LogP contribution is -2.49. The predicted octanol–water partition coefficient (Wildman–Crippen LogP) is 0.718. The van der Waals surface area contributed by atoms with Crippen LogP contribution in [0.2, 0.25) is 0 Å². The molecule has 0 rings (SSSR count). The molecule has 0 saturated carbocycles. The van der Waals surface area contributed by atoms with E-state index in [1.807, 2.05) is 0 Å². The van der Waals surface area contributed by atoms with Crippen molar-refractivity contribution in [3.05, 3.63) is 0 Å². The van der Waals surface area contributed by atoms with Gasteiger partial charge in [0.1, 0.15) is 23.3 Å². The number of rotatable bonds is 5. The summed E-state index contributed by atoms with van der Waals surface area (Å²) in [6, 6.07) is -1.21. The lowest BCUT2D eigenvalue weighted by Gasteiger charge is -2.27. The first-order valence-corrected chi connectivity index (χ1v) is 7.37. The molecule has 0 bridgehead atoms. The molecule has 0 spiro atoms. The van der Waals surface area contributed by atoms with Crippen LogP contribution in [-0.4, -0.2) is 53.5 Å². The van der Waals surface area contributed by atoms with Crippen molar-refractivity contribution in [1.29, 1.82) is 0 Å². The van der Waals surface area contributed by atoms with Crippen LogP contribution in [0.4, 0.5) is 4.79 Å². The summed E-state index contributed by atoms with van der Waals surface area (Å²) >= 11 is 0. The van der Waals surface area contributed by atoms with Crippen molar-refractivity contribution in [2.24, 2.45) is 0 Å². The molecule has 0 unspecified atom stereocenters. The Morgan fingerprint density at radius 1 is 1.00 bits per heavy atom. The fourth-order valence-electron chi connectivity index (χ4n) is 1.53. The van der Waals surface area contributed by atoms with Crippen LogP contribution in [0.3, 0.4) is 0 Å². The predicted molar refractivity (Wildman–Crippen MR) is 83.7 cm³/mol. The molecule has 8 nitrogen and oxygen atoms in total. The smallest absolute Gasteiger partial charge is 0.408 e.